The fraction of sp³-hybridized carbons (Fsp3) is 0.385. The molecule has 12 rings (SSSR count). The van der Waals surface area contributed by atoms with Crippen LogP contribution in [0, 0.1) is 32.5 Å². The molecule has 0 spiro atoms. The number of halogens is 2. The molecule has 4 bridgehead atoms. The lowest BCUT2D eigenvalue weighted by Crippen LogP contribution is -2.66. The lowest BCUT2D eigenvalue weighted by molar-refractivity contribution is -0.141. The number of hydrogen-bond donors (Lipinski definition) is 3. The third-order valence-electron chi connectivity index (χ3n) is 15.2. The third kappa shape index (κ3) is 8.67. The Morgan fingerprint density at radius 1 is 0.890 bits per heavy atom. The highest BCUT2D eigenvalue weighted by molar-refractivity contribution is 7.15. The van der Waals surface area contributed by atoms with E-state index in [9.17, 15) is 19.2 Å². The molecule has 5 aliphatic rings. The number of thiophene rings is 1. The van der Waals surface area contributed by atoms with Crippen LogP contribution < -0.4 is 15.2 Å². The normalized spacial score (nSPS) is 20.2. The van der Waals surface area contributed by atoms with Crippen molar-refractivity contribution in [3.63, 3.8) is 0 Å². The van der Waals surface area contributed by atoms with E-state index in [0.717, 1.165) is 50.9 Å². The van der Waals surface area contributed by atoms with Crippen LogP contribution >= 0.6 is 22.9 Å². The first-order valence-electron chi connectivity index (χ1n) is 24.6. The van der Waals surface area contributed by atoms with Crippen molar-refractivity contribution in [3.05, 3.63) is 111 Å². The minimum absolute atomic E-state index is 0.00198. The molecule has 21 heteroatoms. The first-order chi connectivity index (χ1) is 35.2. The van der Waals surface area contributed by atoms with Crippen molar-refractivity contribution in [1.82, 2.24) is 54.6 Å². The van der Waals surface area contributed by atoms with Crippen molar-refractivity contribution >= 4 is 80.1 Å². The van der Waals surface area contributed by atoms with Gasteiger partial charge in [0.15, 0.2) is 5.82 Å². The summed E-state index contributed by atoms with van der Waals surface area (Å²) in [6.45, 7) is 6.73. The summed E-state index contributed by atoms with van der Waals surface area (Å²) < 4.78 is 19.9. The van der Waals surface area contributed by atoms with Gasteiger partial charge in [-0.15, -0.1) is 31.2 Å². The van der Waals surface area contributed by atoms with Crippen LogP contribution in [0.4, 0.5) is 4.39 Å². The van der Waals surface area contributed by atoms with Crippen LogP contribution in [0.5, 0.6) is 0 Å². The largest absolute Gasteiger partial charge is 0.480 e. The Labute approximate surface area is 427 Å². The zero-order chi connectivity index (χ0) is 50.9. The Morgan fingerprint density at radius 2 is 1.67 bits per heavy atom. The highest BCUT2D eigenvalue weighted by Gasteiger charge is 2.47. The van der Waals surface area contributed by atoms with E-state index in [1.54, 1.807) is 39.1 Å². The van der Waals surface area contributed by atoms with Crippen LogP contribution in [0.25, 0.3) is 37.9 Å². The lowest BCUT2D eigenvalue weighted by Gasteiger charge is -2.40. The van der Waals surface area contributed by atoms with Gasteiger partial charge in [0.1, 0.15) is 54.4 Å². The van der Waals surface area contributed by atoms with Gasteiger partial charge in [-0.05, 0) is 87.4 Å². The summed E-state index contributed by atoms with van der Waals surface area (Å²) >= 11 is 7.99. The second-order valence-electron chi connectivity index (χ2n) is 19.6. The Kier molecular flexibility index (Phi) is 12.5. The Bertz CT molecular complexity index is 3440. The summed E-state index contributed by atoms with van der Waals surface area (Å²) in [7, 11) is 0. The molecule has 7 aromatic rings. The summed E-state index contributed by atoms with van der Waals surface area (Å²) in [5.74, 6) is -1.67. The zero-order valence-electron chi connectivity index (χ0n) is 40.5. The van der Waals surface area contributed by atoms with Gasteiger partial charge in [-0.2, -0.15) is 5.10 Å². The molecule has 1 unspecified atom stereocenters. The van der Waals surface area contributed by atoms with E-state index >= 15 is 9.18 Å². The number of carboxylic acids is 1. The molecular formula is C52H53ClFN12O6S+. The number of amides is 4. The summed E-state index contributed by atoms with van der Waals surface area (Å²) in [5.41, 5.74) is 6.64. The van der Waals surface area contributed by atoms with Crippen LogP contribution in [0.1, 0.15) is 95.8 Å². The smallest absolute Gasteiger partial charge is 0.339 e. The first-order valence-corrected chi connectivity index (χ1v) is 25.8. The maximum Gasteiger partial charge on any atom is 0.339 e. The minimum atomic E-state index is -1.20. The molecule has 9 heterocycles. The molecule has 0 saturated carbocycles. The molecule has 18 nitrogen and oxygen atoms in total. The van der Waals surface area contributed by atoms with Crippen LogP contribution in [0.2, 0.25) is 5.02 Å². The molecule has 3 aromatic carbocycles. The number of piperidine rings is 1. The second-order valence-corrected chi connectivity index (χ2v) is 21.3. The number of aliphatic carboxylic acids is 1. The summed E-state index contributed by atoms with van der Waals surface area (Å²) in [6.07, 6.45) is 5.21. The fourth-order valence-electron chi connectivity index (χ4n) is 11.3. The number of carboxylic acid groups (broad SMARTS) is 1. The SMILES string of the molecule is Cc1sc2c(c1C)C(c1ccc(Cl)cc1)=N[C@@H](CC(=O)N1CCCC(CC(=O)[N+]34CCC(CC3)c3nn(CC(=O)NCC(=O)NCC(=O)O)c5cccc(c35)-c3cc5c(cnn54)cc3F)CC1)c1nnc(C)n1-2. The number of fused-ring (bicyclic) bond motifs is 5. The van der Waals surface area contributed by atoms with E-state index < -0.39 is 42.7 Å². The molecule has 73 heavy (non-hydrogen) atoms. The number of aryl methyl sites for hydroxylation is 2. The van der Waals surface area contributed by atoms with E-state index in [2.05, 4.69) is 39.2 Å². The predicted octanol–water partition coefficient (Wildman–Crippen LogP) is 6.59. The number of carbonyl (C=O) groups excluding carboxylic acids is 4. The number of benzene rings is 3. The molecule has 3 N–H and O–H groups in total. The van der Waals surface area contributed by atoms with Gasteiger partial charge in [0.05, 0.1) is 42.5 Å². The van der Waals surface area contributed by atoms with E-state index in [1.165, 1.54) is 6.07 Å². The van der Waals surface area contributed by atoms with Crippen LogP contribution in [-0.2, 0) is 30.5 Å². The van der Waals surface area contributed by atoms with Gasteiger partial charge < -0.3 is 20.6 Å². The molecule has 376 valence electrons. The van der Waals surface area contributed by atoms with Crippen LogP contribution in [0.15, 0.2) is 65.8 Å². The van der Waals surface area contributed by atoms with Crippen LogP contribution in [0.3, 0.4) is 0 Å². The maximum atomic E-state index is 16.4. The number of aliphatic imine (C=N–C) groups is 1. The Balaban J connectivity index is 0.834. The number of quaternary nitrogens is 1. The van der Waals surface area contributed by atoms with Gasteiger partial charge in [-0.1, -0.05) is 40.7 Å². The van der Waals surface area contributed by atoms with E-state index in [1.807, 2.05) is 48.2 Å². The quantitative estimate of drug-likeness (QED) is 0.118. The minimum Gasteiger partial charge on any atom is -0.480 e. The molecule has 4 aromatic heterocycles. The molecule has 4 amide bonds. The molecule has 2 atom stereocenters. The highest BCUT2D eigenvalue weighted by atomic mass is 35.5. The van der Waals surface area contributed by atoms with Gasteiger partial charge in [0.2, 0.25) is 17.7 Å². The lowest BCUT2D eigenvalue weighted by atomic mass is 9.88. The monoisotopic (exact) mass is 1030 g/mol. The van der Waals surface area contributed by atoms with Crippen molar-refractivity contribution in [2.24, 2.45) is 10.9 Å². The zero-order valence-corrected chi connectivity index (χ0v) is 42.1. The third-order valence-corrected chi connectivity index (χ3v) is 16.7. The van der Waals surface area contributed by atoms with Crippen molar-refractivity contribution in [1.29, 1.82) is 0 Å². The van der Waals surface area contributed by atoms with Gasteiger partial charge in [-0.25, -0.2) is 9.18 Å². The van der Waals surface area contributed by atoms with Gasteiger partial charge in [0, 0.05) is 69.2 Å². The molecule has 2 saturated heterocycles. The molecule has 2 fully saturated rings. The van der Waals surface area contributed by atoms with Crippen molar-refractivity contribution in [2.45, 2.75) is 84.2 Å². The Hall–Kier alpha value is -7.16. The predicted molar refractivity (Wildman–Crippen MR) is 273 cm³/mol. The number of likely N-dealkylation sites (tertiary alicyclic amines) is 1. The van der Waals surface area contributed by atoms with Crippen molar-refractivity contribution in [2.75, 3.05) is 39.3 Å². The number of nitrogens with zero attached hydrogens (tertiary/aromatic N) is 10. The average molecular weight is 1030 g/mol. The molecule has 0 aliphatic carbocycles. The summed E-state index contributed by atoms with van der Waals surface area (Å²) in [5, 5.41) is 35.4. The summed E-state index contributed by atoms with van der Waals surface area (Å²) in [6, 6.07) is 15.7. The number of aromatic nitrogens is 7. The van der Waals surface area contributed by atoms with E-state index in [4.69, 9.17) is 31.9 Å². The molecule has 5 aliphatic heterocycles. The van der Waals surface area contributed by atoms with Crippen molar-refractivity contribution < 1.29 is 33.5 Å². The van der Waals surface area contributed by atoms with E-state index in [0.29, 0.717) is 94.9 Å². The first kappa shape index (κ1) is 48.1. The summed E-state index contributed by atoms with van der Waals surface area (Å²) in [4.78, 5) is 76.2. The number of nitrogens with one attached hydrogen (secondary N) is 2. The number of hydrogen-bond acceptors (Lipinski definition) is 11. The van der Waals surface area contributed by atoms with Crippen LogP contribution in [-0.4, -0.2) is 119 Å². The average Bonchev–Trinajstić information content (AvgIpc) is 4.08. The van der Waals surface area contributed by atoms with Crippen molar-refractivity contribution in [3.8, 4) is 16.1 Å². The standard InChI is InChI=1S/C52H52ClFN12O6S/c1-28-29(2)73-52-47(28)49(32-9-11-35(53)12-10-32)58-39(51-60-59-30(3)64(51)52)23-44(69)62-16-5-6-31(13-17-62)20-45(70)66-18-14-33(15-19-66)50-48-36(37-22-41-34(21-38(37)54)24-57-65(41)66)7-4-8-40(48)63(61-50)27-43(68)55-25-42(67)56-26-46(71)72/h4,7-12,21-22,24,31,33,39H,5-6,13-20,23,25-27H2,1-3H3,(H2-,55,56,67,68,71,72)/p+1/t31?,33?,39-,66?/m0/s1. The van der Waals surface area contributed by atoms with Gasteiger partial charge in [-0.3, -0.25) is 33.4 Å². The van der Waals surface area contributed by atoms with E-state index in [-0.39, 0.29) is 47.6 Å². The number of rotatable bonds is 11. The van der Waals surface area contributed by atoms with Gasteiger partial charge >= 0.3 is 11.9 Å². The topological polar surface area (TPSA) is 212 Å². The van der Waals surface area contributed by atoms with Gasteiger partial charge in [0.25, 0.3) is 0 Å². The fourth-order valence-corrected chi connectivity index (χ4v) is 12.7. The molecule has 0 radical (unpaired) electrons. The maximum absolute atomic E-state index is 16.4. The number of carbonyl (C=O) groups is 5. The Morgan fingerprint density at radius 3 is 2.45 bits per heavy atom. The molecular weight excluding hydrogens is 975 g/mol. The highest BCUT2D eigenvalue weighted by Crippen LogP contribution is 2.44. The second kappa shape index (κ2) is 19.0.